The van der Waals surface area contributed by atoms with Gasteiger partial charge in [-0.3, -0.25) is 14.8 Å². The van der Waals surface area contributed by atoms with E-state index in [1.807, 2.05) is 48.8 Å². The molecule has 11 nitrogen and oxygen atoms in total. The number of ether oxygens (including phenoxy) is 2. The lowest BCUT2D eigenvalue weighted by atomic mass is 9.83. The minimum atomic E-state index is -0.497. The number of phenols is 2. The van der Waals surface area contributed by atoms with Crippen molar-refractivity contribution in [2.75, 3.05) is 89.5 Å². The van der Waals surface area contributed by atoms with E-state index in [4.69, 9.17) is 42.6 Å². The Labute approximate surface area is 422 Å². The van der Waals surface area contributed by atoms with Gasteiger partial charge >= 0.3 is 0 Å². The van der Waals surface area contributed by atoms with E-state index < -0.39 is 11.8 Å². The van der Waals surface area contributed by atoms with Crippen LogP contribution in [0.1, 0.15) is 88.2 Å². The Hall–Kier alpha value is -5.33. The normalized spacial score (nSPS) is 18.5. The molecule has 4 aliphatic rings. The Morgan fingerprint density at radius 1 is 0.586 bits per heavy atom. The summed E-state index contributed by atoms with van der Waals surface area (Å²) in [4.78, 5) is 35.9. The lowest BCUT2D eigenvalue weighted by Gasteiger charge is -2.38. The molecule has 70 heavy (non-hydrogen) atoms. The third kappa shape index (κ3) is 9.71. The van der Waals surface area contributed by atoms with E-state index in [-0.39, 0.29) is 27.3 Å². The molecule has 4 saturated heterocycles. The molecular formula is C57H66Cl2N6O5. The van der Waals surface area contributed by atoms with Crippen molar-refractivity contribution < 1.29 is 24.5 Å². The van der Waals surface area contributed by atoms with Gasteiger partial charge in [0, 0.05) is 85.4 Å². The SMILES string of the molecule is COc1cc(-c2ccc3ncc(C(C)C(=O)C(C)c4cnc5ccc(-c6cc(Cl)c(O)c(OC)c6)cc5c4N4CCC(CN5CCCC5)CC4)c(N4CCC(CN5CCCC5)CC4)c3c2)cc(Cl)c1O. The number of ketones is 1. The van der Waals surface area contributed by atoms with Crippen molar-refractivity contribution in [2.45, 2.75) is 77.0 Å². The molecule has 2 atom stereocenters. The maximum absolute atomic E-state index is 15.5. The molecule has 10 rings (SSSR count). The van der Waals surface area contributed by atoms with Crippen molar-refractivity contribution in [3.05, 3.63) is 94.2 Å². The van der Waals surface area contributed by atoms with Gasteiger partial charge in [0.05, 0.1) is 46.7 Å². The molecule has 2 N–H and O–H groups in total. The summed E-state index contributed by atoms with van der Waals surface area (Å²) in [5, 5.41) is 23.6. The number of carbonyl (C=O) groups excluding carboxylic acids is 1. The number of hydrogen-bond acceptors (Lipinski definition) is 11. The molecule has 6 aromatic rings. The highest BCUT2D eigenvalue weighted by molar-refractivity contribution is 6.33. The van der Waals surface area contributed by atoms with Gasteiger partial charge in [-0.25, -0.2) is 0 Å². The first-order valence-electron chi connectivity index (χ1n) is 25.4. The second-order valence-corrected chi connectivity index (χ2v) is 21.1. The van der Waals surface area contributed by atoms with Crippen LogP contribution in [-0.4, -0.2) is 115 Å². The molecule has 6 heterocycles. The number of aromatic hydroxyl groups is 2. The molecular weight excluding hydrogens is 920 g/mol. The summed E-state index contributed by atoms with van der Waals surface area (Å²) in [5.74, 6) is 0.798. The zero-order chi connectivity index (χ0) is 48.6. The molecule has 0 spiro atoms. The molecule has 4 aliphatic heterocycles. The molecule has 13 heteroatoms. The summed E-state index contributed by atoms with van der Waals surface area (Å²) < 4.78 is 11.0. The minimum Gasteiger partial charge on any atom is -0.503 e. The average molecular weight is 986 g/mol. The smallest absolute Gasteiger partial charge is 0.176 e. The van der Waals surface area contributed by atoms with Crippen molar-refractivity contribution in [1.82, 2.24) is 19.8 Å². The van der Waals surface area contributed by atoms with E-state index in [9.17, 15) is 10.2 Å². The number of nitrogens with zero attached hydrogens (tertiary/aromatic N) is 6. The van der Waals surface area contributed by atoms with Gasteiger partial charge in [0.1, 0.15) is 5.78 Å². The summed E-state index contributed by atoms with van der Waals surface area (Å²) in [6, 6.07) is 19.6. The highest BCUT2D eigenvalue weighted by atomic mass is 35.5. The number of likely N-dealkylation sites (tertiary alicyclic amines) is 2. The summed E-state index contributed by atoms with van der Waals surface area (Å²) in [5.41, 5.74) is 9.09. The van der Waals surface area contributed by atoms with E-state index in [1.54, 1.807) is 12.1 Å². The van der Waals surface area contributed by atoms with Crippen LogP contribution in [0.2, 0.25) is 10.0 Å². The highest BCUT2D eigenvalue weighted by Gasteiger charge is 2.34. The Balaban J connectivity index is 1.03. The minimum absolute atomic E-state index is 0.0910. The highest BCUT2D eigenvalue weighted by Crippen LogP contribution is 2.46. The van der Waals surface area contributed by atoms with Gasteiger partial charge in [-0.15, -0.1) is 0 Å². The Morgan fingerprint density at radius 3 is 1.34 bits per heavy atom. The molecule has 0 amide bonds. The zero-order valence-electron chi connectivity index (χ0n) is 41.0. The summed E-state index contributed by atoms with van der Waals surface area (Å²) in [7, 11) is 3.05. The van der Waals surface area contributed by atoms with Crippen molar-refractivity contribution in [3.63, 3.8) is 0 Å². The average Bonchev–Trinajstić information content (AvgIpc) is 4.12. The summed E-state index contributed by atoms with van der Waals surface area (Å²) >= 11 is 13.1. The number of Topliss-reactive ketones (excluding diaryl/α,β-unsaturated/α-hetero) is 1. The molecule has 0 bridgehead atoms. The van der Waals surface area contributed by atoms with Crippen LogP contribution in [0.25, 0.3) is 44.1 Å². The number of halogens is 2. The van der Waals surface area contributed by atoms with Crippen molar-refractivity contribution in [2.24, 2.45) is 11.8 Å². The number of carbonyl (C=O) groups is 1. The number of aromatic nitrogens is 2. The van der Waals surface area contributed by atoms with E-state index in [0.29, 0.717) is 23.3 Å². The van der Waals surface area contributed by atoms with Gasteiger partial charge in [-0.1, -0.05) is 49.2 Å². The number of anilines is 2. The fourth-order valence-corrected chi connectivity index (χ4v) is 12.3. The van der Waals surface area contributed by atoms with Crippen molar-refractivity contribution >= 4 is 62.2 Å². The van der Waals surface area contributed by atoms with Crippen LogP contribution in [0, 0.1) is 11.8 Å². The largest absolute Gasteiger partial charge is 0.503 e. The topological polar surface area (TPSA) is 115 Å². The van der Waals surface area contributed by atoms with Crippen LogP contribution in [-0.2, 0) is 4.79 Å². The monoisotopic (exact) mass is 984 g/mol. The van der Waals surface area contributed by atoms with Gasteiger partial charge in [-0.05, 0) is 160 Å². The predicted octanol–water partition coefficient (Wildman–Crippen LogP) is 12.0. The molecule has 2 aromatic heterocycles. The van der Waals surface area contributed by atoms with Gasteiger partial charge in [-0.2, -0.15) is 0 Å². The van der Waals surface area contributed by atoms with Crippen LogP contribution in [0.4, 0.5) is 11.4 Å². The lowest BCUT2D eigenvalue weighted by molar-refractivity contribution is -0.121. The third-order valence-electron chi connectivity index (χ3n) is 16.0. The number of hydrogen-bond donors (Lipinski definition) is 2. The number of fused-ring (bicyclic) bond motifs is 2. The van der Waals surface area contributed by atoms with Crippen LogP contribution in [0.5, 0.6) is 23.0 Å². The third-order valence-corrected chi connectivity index (χ3v) is 16.6. The van der Waals surface area contributed by atoms with E-state index in [1.165, 1.54) is 66.1 Å². The van der Waals surface area contributed by atoms with E-state index >= 15 is 4.79 Å². The Bertz CT molecular complexity index is 2690. The van der Waals surface area contributed by atoms with E-state index in [0.717, 1.165) is 132 Å². The number of pyridine rings is 2. The summed E-state index contributed by atoms with van der Waals surface area (Å²) in [6.45, 7) is 14.7. The number of methoxy groups -OCH3 is 2. The molecule has 0 aliphatic carbocycles. The number of benzene rings is 4. The van der Waals surface area contributed by atoms with E-state index in [2.05, 4.69) is 45.6 Å². The number of rotatable bonds is 14. The van der Waals surface area contributed by atoms with Crippen LogP contribution in [0.15, 0.2) is 73.1 Å². The quantitative estimate of drug-likeness (QED) is 0.109. The maximum Gasteiger partial charge on any atom is 0.176 e. The zero-order valence-corrected chi connectivity index (χ0v) is 42.5. The molecule has 4 fully saturated rings. The molecule has 368 valence electrons. The molecule has 0 saturated carbocycles. The van der Waals surface area contributed by atoms with Gasteiger partial charge < -0.3 is 39.3 Å². The number of piperidine rings is 2. The van der Waals surface area contributed by atoms with Crippen molar-refractivity contribution in [1.29, 1.82) is 0 Å². The standard InChI is InChI=1S/C57H66Cl2N6O5/c1-35(45-31-60-49-11-9-39(41-27-47(58)56(67)51(29-41)69-3)25-43(49)53(45)64-21-13-37(14-22-64)33-62-17-5-6-18-62)55(66)36(2)46-32-61-50-12-10-40(42-28-48(59)57(68)52(30-42)70-4)26-44(50)54(46)65-23-15-38(16-24-65)34-63-19-7-8-20-63/h9-12,25-32,35-38,67-68H,5-8,13-24,33-34H2,1-4H3. The lowest BCUT2D eigenvalue weighted by Crippen LogP contribution is -2.39. The van der Waals surface area contributed by atoms with Gasteiger partial charge in [0.15, 0.2) is 23.0 Å². The first kappa shape index (κ1) is 48.3. The first-order valence-corrected chi connectivity index (χ1v) is 26.2. The van der Waals surface area contributed by atoms with Crippen LogP contribution >= 0.6 is 23.2 Å². The van der Waals surface area contributed by atoms with Crippen LogP contribution in [0.3, 0.4) is 0 Å². The molecule has 0 radical (unpaired) electrons. The fraction of sp³-hybridized carbons (Fsp3) is 0.456. The van der Waals surface area contributed by atoms with Crippen LogP contribution < -0.4 is 19.3 Å². The second kappa shape index (κ2) is 20.8. The fourth-order valence-electron chi connectivity index (χ4n) is 11.9. The molecule has 2 unspecified atom stereocenters. The summed E-state index contributed by atoms with van der Waals surface area (Å²) in [6.07, 6.45) is 13.3. The molecule has 4 aromatic carbocycles. The predicted molar refractivity (Wildman–Crippen MR) is 284 cm³/mol. The van der Waals surface area contributed by atoms with Gasteiger partial charge in [0.2, 0.25) is 0 Å². The maximum atomic E-state index is 15.5. The Morgan fingerprint density at radius 2 is 0.971 bits per heavy atom. The van der Waals surface area contributed by atoms with Gasteiger partial charge in [0.25, 0.3) is 0 Å². The first-order chi connectivity index (χ1) is 34.0. The number of phenolic OH excluding ortho intramolecular Hbond substituents is 2. The Kier molecular flexibility index (Phi) is 14.3. The second-order valence-electron chi connectivity index (χ2n) is 20.3. The van der Waals surface area contributed by atoms with Crippen molar-refractivity contribution in [3.8, 4) is 45.3 Å².